The van der Waals surface area contributed by atoms with Gasteiger partial charge in [-0.2, -0.15) is 0 Å². The van der Waals surface area contributed by atoms with E-state index in [1.54, 1.807) is 0 Å². The average Bonchev–Trinajstić information content (AvgIpc) is 2.39. The molecule has 1 rings (SSSR count). The van der Waals surface area contributed by atoms with Crippen molar-refractivity contribution in [1.82, 2.24) is 9.55 Å². The minimum Gasteiger partial charge on any atom is -0.331 e. The molecule has 0 spiro atoms. The molecular formula is C12H20N2S. The maximum absolute atomic E-state index is 5.33. The van der Waals surface area contributed by atoms with Gasteiger partial charge in [-0.15, -0.1) is 0 Å². The highest BCUT2D eigenvalue weighted by molar-refractivity contribution is 7.71. The summed E-state index contributed by atoms with van der Waals surface area (Å²) in [6.45, 7) is 14.8. The molecule has 1 aromatic heterocycles. The number of aromatic nitrogens is 2. The Hall–Kier alpha value is -0.830. The number of nitrogens with zero attached hydrogens (tertiary/aromatic N) is 1. The normalized spacial score (nSPS) is 14.2. The minimum absolute atomic E-state index is 0.0169. The molecule has 0 aliphatic carbocycles. The maximum Gasteiger partial charge on any atom is 0.178 e. The van der Waals surface area contributed by atoms with Crippen LogP contribution in [0.1, 0.15) is 41.0 Å². The Morgan fingerprint density at radius 3 is 2.33 bits per heavy atom. The quantitative estimate of drug-likeness (QED) is 0.726. The molecule has 0 saturated carbocycles. The van der Waals surface area contributed by atoms with Crippen molar-refractivity contribution in [2.24, 2.45) is 0 Å². The molecule has 1 N–H and O–H groups in total. The lowest BCUT2D eigenvalue weighted by atomic mass is 10.1. The van der Waals surface area contributed by atoms with Crippen molar-refractivity contribution in [3.8, 4) is 0 Å². The summed E-state index contributed by atoms with van der Waals surface area (Å²) in [5.74, 6) is 0. The van der Waals surface area contributed by atoms with E-state index >= 15 is 0 Å². The molecule has 1 heterocycles. The summed E-state index contributed by atoms with van der Waals surface area (Å²) in [6.07, 6.45) is 1.02. The highest BCUT2D eigenvalue weighted by Crippen LogP contribution is 2.09. The van der Waals surface area contributed by atoms with Gasteiger partial charge in [0.15, 0.2) is 4.77 Å². The van der Waals surface area contributed by atoms with Gasteiger partial charge in [-0.3, -0.25) is 0 Å². The molecular weight excluding hydrogens is 204 g/mol. The van der Waals surface area contributed by atoms with Crippen LogP contribution in [-0.2, 0) is 5.54 Å². The first-order chi connectivity index (χ1) is 6.79. The maximum atomic E-state index is 5.33. The van der Waals surface area contributed by atoms with Gasteiger partial charge >= 0.3 is 0 Å². The third-order valence-corrected chi connectivity index (χ3v) is 2.91. The van der Waals surface area contributed by atoms with Crippen molar-refractivity contribution in [3.63, 3.8) is 0 Å². The molecule has 0 fully saturated rings. The van der Waals surface area contributed by atoms with E-state index < -0.39 is 0 Å². The molecule has 84 valence electrons. The van der Waals surface area contributed by atoms with Crippen molar-refractivity contribution >= 4 is 24.4 Å². The number of aromatic amines is 1. The lowest BCUT2D eigenvalue weighted by molar-refractivity contribution is 0.383. The summed E-state index contributed by atoms with van der Waals surface area (Å²) in [7, 11) is 0. The van der Waals surface area contributed by atoms with E-state index in [1.807, 2.05) is 0 Å². The standard InChI is InChI=1S/C12H20N2S/c1-7-8(2)10-9(3)14(11(15)13-10)12(4,5)6/h3,7H2,1-2,4-6H3,(H,13,15)/b10-8+. The Labute approximate surface area is 96.3 Å². The highest BCUT2D eigenvalue weighted by Gasteiger charge is 2.15. The fourth-order valence-electron chi connectivity index (χ4n) is 1.71. The van der Waals surface area contributed by atoms with E-state index in [2.05, 4.69) is 50.7 Å². The summed E-state index contributed by atoms with van der Waals surface area (Å²) in [4.78, 5) is 3.25. The van der Waals surface area contributed by atoms with E-state index in [9.17, 15) is 0 Å². The predicted molar refractivity (Wildman–Crippen MR) is 68.8 cm³/mol. The minimum atomic E-state index is -0.0169. The van der Waals surface area contributed by atoms with Gasteiger partial charge in [0.05, 0.1) is 10.7 Å². The molecule has 0 saturated heterocycles. The first-order valence-corrected chi connectivity index (χ1v) is 5.70. The van der Waals surface area contributed by atoms with Gasteiger partial charge in [-0.1, -0.05) is 13.5 Å². The van der Waals surface area contributed by atoms with Crippen LogP contribution in [0.5, 0.6) is 0 Å². The second kappa shape index (κ2) is 3.97. The smallest absolute Gasteiger partial charge is 0.178 e. The van der Waals surface area contributed by atoms with Crippen LogP contribution < -0.4 is 10.7 Å². The number of imidazole rings is 1. The molecule has 0 atom stereocenters. The molecule has 0 unspecified atom stereocenters. The fraction of sp³-hybridized carbons (Fsp3) is 0.583. The van der Waals surface area contributed by atoms with E-state index in [-0.39, 0.29) is 5.54 Å². The molecule has 2 nitrogen and oxygen atoms in total. The van der Waals surface area contributed by atoms with Gasteiger partial charge in [-0.05, 0) is 51.9 Å². The van der Waals surface area contributed by atoms with Crippen LogP contribution in [0.3, 0.4) is 0 Å². The van der Waals surface area contributed by atoms with Crippen LogP contribution in [0, 0.1) is 4.77 Å². The SMILES string of the molecule is C=c1/c(=C(/C)CC)[nH]c(=S)n1C(C)(C)C. The Morgan fingerprint density at radius 2 is 2.00 bits per heavy atom. The Bertz CT molecular complexity index is 511. The summed E-state index contributed by atoms with van der Waals surface area (Å²) < 4.78 is 2.84. The molecule has 15 heavy (non-hydrogen) atoms. The summed E-state index contributed by atoms with van der Waals surface area (Å²) in [5, 5.41) is 2.09. The number of hydrogen-bond donors (Lipinski definition) is 1. The van der Waals surface area contributed by atoms with E-state index in [1.165, 1.54) is 5.57 Å². The lowest BCUT2D eigenvalue weighted by Gasteiger charge is -2.20. The second-order valence-electron chi connectivity index (χ2n) is 4.89. The topological polar surface area (TPSA) is 20.7 Å². The highest BCUT2D eigenvalue weighted by atomic mass is 32.1. The van der Waals surface area contributed by atoms with Gasteiger partial charge in [0.1, 0.15) is 0 Å². The first-order valence-electron chi connectivity index (χ1n) is 5.29. The van der Waals surface area contributed by atoms with Gasteiger partial charge in [-0.25, -0.2) is 0 Å². The van der Waals surface area contributed by atoms with Gasteiger partial charge < -0.3 is 9.55 Å². The molecule has 0 bridgehead atoms. The molecule has 0 amide bonds. The third-order valence-electron chi connectivity index (χ3n) is 2.62. The zero-order chi connectivity index (χ0) is 11.8. The van der Waals surface area contributed by atoms with Crippen molar-refractivity contribution in [2.75, 3.05) is 0 Å². The zero-order valence-corrected chi connectivity index (χ0v) is 11.1. The number of hydrogen-bond acceptors (Lipinski definition) is 1. The Morgan fingerprint density at radius 1 is 1.47 bits per heavy atom. The second-order valence-corrected chi connectivity index (χ2v) is 5.28. The summed E-state index contributed by atoms with van der Waals surface area (Å²) in [6, 6.07) is 0. The average molecular weight is 224 g/mol. The van der Waals surface area contributed by atoms with Crippen molar-refractivity contribution in [2.45, 2.75) is 46.6 Å². The van der Waals surface area contributed by atoms with Gasteiger partial charge in [0.2, 0.25) is 0 Å². The predicted octanol–water partition coefficient (Wildman–Crippen LogP) is 2.29. The molecule has 0 aromatic carbocycles. The van der Waals surface area contributed by atoms with E-state index in [0.29, 0.717) is 0 Å². The van der Waals surface area contributed by atoms with Crippen LogP contribution >= 0.6 is 12.2 Å². The summed E-state index contributed by atoms with van der Waals surface area (Å²) in [5.41, 5.74) is 1.28. The largest absolute Gasteiger partial charge is 0.331 e. The van der Waals surface area contributed by atoms with E-state index in [0.717, 1.165) is 21.9 Å². The van der Waals surface area contributed by atoms with Gasteiger partial charge in [0.25, 0.3) is 0 Å². The van der Waals surface area contributed by atoms with Crippen LogP contribution in [0.2, 0.25) is 0 Å². The first kappa shape index (κ1) is 12.2. The van der Waals surface area contributed by atoms with Crippen LogP contribution in [0.15, 0.2) is 0 Å². The Balaban J connectivity index is 3.71. The third kappa shape index (κ3) is 2.23. The lowest BCUT2D eigenvalue weighted by Crippen LogP contribution is -2.37. The zero-order valence-electron chi connectivity index (χ0n) is 10.3. The molecule has 0 aliphatic rings. The fourth-order valence-corrected chi connectivity index (χ4v) is 2.19. The van der Waals surface area contributed by atoms with Crippen LogP contribution in [0.25, 0.3) is 12.2 Å². The summed E-state index contributed by atoms with van der Waals surface area (Å²) >= 11 is 5.33. The van der Waals surface area contributed by atoms with Crippen LogP contribution in [0.4, 0.5) is 0 Å². The van der Waals surface area contributed by atoms with E-state index in [4.69, 9.17) is 12.2 Å². The van der Waals surface area contributed by atoms with Crippen molar-refractivity contribution in [3.05, 3.63) is 15.5 Å². The van der Waals surface area contributed by atoms with Crippen molar-refractivity contribution < 1.29 is 0 Å². The Kier molecular flexibility index (Phi) is 3.24. The van der Waals surface area contributed by atoms with Gasteiger partial charge in [0, 0.05) is 5.54 Å². The number of rotatable bonds is 1. The molecule has 0 radical (unpaired) electrons. The number of H-pyrrole nitrogens is 1. The number of nitrogens with one attached hydrogen (secondary N) is 1. The monoisotopic (exact) mass is 224 g/mol. The molecule has 3 heteroatoms. The van der Waals surface area contributed by atoms with Crippen molar-refractivity contribution in [1.29, 1.82) is 0 Å². The van der Waals surface area contributed by atoms with Crippen LogP contribution in [-0.4, -0.2) is 9.55 Å². The molecule has 0 aliphatic heterocycles. The molecule has 1 aromatic rings.